The minimum absolute atomic E-state index is 0.0958. The zero-order valence-corrected chi connectivity index (χ0v) is 15.1. The maximum absolute atomic E-state index is 12.9. The van der Waals surface area contributed by atoms with Crippen LogP contribution in [0, 0.1) is 12.3 Å². The maximum Gasteiger partial charge on any atom is 0.416 e. The number of fused-ring (bicyclic) bond motifs is 1. The second kappa shape index (κ2) is 7.13. The lowest BCUT2D eigenvalue weighted by atomic mass is 10.2. The summed E-state index contributed by atoms with van der Waals surface area (Å²) in [5.41, 5.74) is 0.292. The standard InChI is InChI=1S/C20H16F3N5O/c1-2-17(29)25-14-9-11-27(12-14)19-16-4-3-10-24-18(16)28(26-19)15-7-5-13(6-8-15)20(21,22)23/h1,3-8,10,14H,9,11-12H2,(H,25,29). The van der Waals surface area contributed by atoms with Crippen molar-refractivity contribution in [3.63, 3.8) is 0 Å². The van der Waals surface area contributed by atoms with Gasteiger partial charge in [-0.05, 0) is 48.7 Å². The Bertz CT molecular complexity index is 1100. The van der Waals surface area contributed by atoms with Crippen LogP contribution in [0.1, 0.15) is 12.0 Å². The Morgan fingerprint density at radius 2 is 2.00 bits per heavy atom. The molecule has 9 heteroatoms. The van der Waals surface area contributed by atoms with Gasteiger partial charge in [-0.25, -0.2) is 9.67 Å². The van der Waals surface area contributed by atoms with Crippen LogP contribution in [0.4, 0.5) is 19.0 Å². The Balaban J connectivity index is 1.68. The number of nitrogens with zero attached hydrogens (tertiary/aromatic N) is 4. The van der Waals surface area contributed by atoms with Crippen molar-refractivity contribution in [1.82, 2.24) is 20.1 Å². The minimum atomic E-state index is -4.40. The Morgan fingerprint density at radius 1 is 1.24 bits per heavy atom. The summed E-state index contributed by atoms with van der Waals surface area (Å²) in [5.74, 6) is 2.24. The fourth-order valence-corrected chi connectivity index (χ4v) is 3.44. The lowest BCUT2D eigenvalue weighted by Gasteiger charge is -2.16. The molecule has 2 aromatic heterocycles. The molecule has 0 radical (unpaired) electrons. The SMILES string of the molecule is C#CC(=O)NC1CCN(c2nn(-c3ccc(C(F)(F)F)cc3)c3ncccc23)C1. The minimum Gasteiger partial charge on any atom is -0.352 e. The van der Waals surface area contributed by atoms with Crippen molar-refractivity contribution >= 4 is 22.8 Å². The first-order valence-electron chi connectivity index (χ1n) is 8.90. The Hall–Kier alpha value is -3.54. The van der Waals surface area contributed by atoms with E-state index in [1.165, 1.54) is 16.8 Å². The number of nitrogens with one attached hydrogen (secondary N) is 1. The number of halogens is 3. The first kappa shape index (κ1) is 18.8. The number of pyridine rings is 1. The number of rotatable bonds is 3. The second-order valence-corrected chi connectivity index (χ2v) is 6.70. The van der Waals surface area contributed by atoms with Crippen LogP contribution in [-0.4, -0.2) is 39.8 Å². The predicted octanol–water partition coefficient (Wildman–Crippen LogP) is 2.77. The van der Waals surface area contributed by atoms with Crippen molar-refractivity contribution in [2.45, 2.75) is 18.6 Å². The highest BCUT2D eigenvalue weighted by Gasteiger charge is 2.31. The molecular weight excluding hydrogens is 383 g/mol. The normalized spacial score (nSPS) is 16.8. The summed E-state index contributed by atoms with van der Waals surface area (Å²) < 4.78 is 40.1. The third kappa shape index (κ3) is 3.61. The number of terminal acetylenes is 1. The van der Waals surface area contributed by atoms with Crippen LogP contribution < -0.4 is 10.2 Å². The van der Waals surface area contributed by atoms with Crippen LogP contribution in [0.5, 0.6) is 0 Å². The van der Waals surface area contributed by atoms with Crippen molar-refractivity contribution in [3.8, 4) is 18.0 Å². The van der Waals surface area contributed by atoms with Gasteiger partial charge in [0.2, 0.25) is 0 Å². The summed E-state index contributed by atoms with van der Waals surface area (Å²) in [6.07, 6.45) is 3.02. The number of benzene rings is 1. The highest BCUT2D eigenvalue weighted by atomic mass is 19.4. The highest BCUT2D eigenvalue weighted by Crippen LogP contribution is 2.32. The van der Waals surface area contributed by atoms with Gasteiger partial charge < -0.3 is 10.2 Å². The van der Waals surface area contributed by atoms with E-state index in [2.05, 4.69) is 15.4 Å². The van der Waals surface area contributed by atoms with Gasteiger partial charge in [-0.15, -0.1) is 11.5 Å². The highest BCUT2D eigenvalue weighted by molar-refractivity contribution is 5.93. The molecule has 148 valence electrons. The van der Waals surface area contributed by atoms with E-state index in [1.807, 2.05) is 16.9 Å². The van der Waals surface area contributed by atoms with E-state index < -0.39 is 17.6 Å². The smallest absolute Gasteiger partial charge is 0.352 e. The summed E-state index contributed by atoms with van der Waals surface area (Å²) in [4.78, 5) is 17.8. The summed E-state index contributed by atoms with van der Waals surface area (Å²) in [6, 6.07) is 8.32. The molecule has 1 aromatic carbocycles. The Kier molecular flexibility index (Phi) is 4.62. The zero-order chi connectivity index (χ0) is 20.6. The second-order valence-electron chi connectivity index (χ2n) is 6.70. The molecule has 4 rings (SSSR count). The average Bonchev–Trinajstić information content (AvgIpc) is 3.32. The predicted molar refractivity (Wildman–Crippen MR) is 101 cm³/mol. The summed E-state index contributed by atoms with van der Waals surface area (Å²) in [6.45, 7) is 1.19. The molecule has 3 aromatic rings. The van der Waals surface area contributed by atoms with E-state index in [9.17, 15) is 18.0 Å². The number of alkyl halides is 3. The number of amides is 1. The lowest BCUT2D eigenvalue weighted by Crippen LogP contribution is -2.36. The van der Waals surface area contributed by atoms with Gasteiger partial charge in [0, 0.05) is 25.3 Å². The molecule has 1 aliphatic heterocycles. The quantitative estimate of drug-likeness (QED) is 0.688. The molecule has 0 spiro atoms. The lowest BCUT2D eigenvalue weighted by molar-refractivity contribution is -0.137. The third-order valence-corrected chi connectivity index (χ3v) is 4.82. The van der Waals surface area contributed by atoms with Gasteiger partial charge in [-0.2, -0.15) is 13.2 Å². The summed E-state index contributed by atoms with van der Waals surface area (Å²) in [7, 11) is 0. The molecule has 0 saturated carbocycles. The van der Waals surface area contributed by atoms with Gasteiger partial charge in [0.1, 0.15) is 0 Å². The van der Waals surface area contributed by atoms with Gasteiger partial charge in [-0.3, -0.25) is 4.79 Å². The first-order chi connectivity index (χ1) is 13.9. The van der Waals surface area contributed by atoms with Gasteiger partial charge in [0.15, 0.2) is 11.5 Å². The van der Waals surface area contributed by atoms with E-state index in [4.69, 9.17) is 6.42 Å². The number of anilines is 1. The average molecular weight is 399 g/mol. The number of hydrogen-bond donors (Lipinski definition) is 1. The molecule has 1 fully saturated rings. The molecule has 0 bridgehead atoms. The van der Waals surface area contributed by atoms with Crippen LogP contribution in [-0.2, 0) is 11.0 Å². The van der Waals surface area contributed by atoms with Crippen LogP contribution in [0.15, 0.2) is 42.6 Å². The molecule has 1 amide bonds. The first-order valence-corrected chi connectivity index (χ1v) is 8.90. The maximum atomic E-state index is 12.9. The fraction of sp³-hybridized carbons (Fsp3) is 0.250. The van der Waals surface area contributed by atoms with Crippen LogP contribution in [0.25, 0.3) is 16.7 Å². The number of hydrogen-bond acceptors (Lipinski definition) is 4. The van der Waals surface area contributed by atoms with Crippen molar-refractivity contribution < 1.29 is 18.0 Å². The van der Waals surface area contributed by atoms with Gasteiger partial charge in [0.25, 0.3) is 5.91 Å². The molecule has 1 N–H and O–H groups in total. The molecule has 1 unspecified atom stereocenters. The monoisotopic (exact) mass is 399 g/mol. The number of carbonyl (C=O) groups is 1. The molecule has 0 aliphatic carbocycles. The number of aromatic nitrogens is 3. The van der Waals surface area contributed by atoms with Crippen LogP contribution >= 0.6 is 0 Å². The van der Waals surface area contributed by atoms with E-state index in [1.54, 1.807) is 12.3 Å². The van der Waals surface area contributed by atoms with E-state index in [0.29, 0.717) is 36.7 Å². The van der Waals surface area contributed by atoms with E-state index in [0.717, 1.165) is 17.5 Å². The molecule has 1 atom stereocenters. The van der Waals surface area contributed by atoms with Crippen molar-refractivity contribution in [2.75, 3.05) is 18.0 Å². The van der Waals surface area contributed by atoms with E-state index >= 15 is 0 Å². The van der Waals surface area contributed by atoms with Gasteiger partial charge >= 0.3 is 6.18 Å². The molecule has 1 saturated heterocycles. The van der Waals surface area contributed by atoms with Crippen molar-refractivity contribution in [2.24, 2.45) is 0 Å². The van der Waals surface area contributed by atoms with Crippen molar-refractivity contribution in [1.29, 1.82) is 0 Å². The zero-order valence-electron chi connectivity index (χ0n) is 15.1. The van der Waals surface area contributed by atoms with Crippen LogP contribution in [0.2, 0.25) is 0 Å². The largest absolute Gasteiger partial charge is 0.416 e. The van der Waals surface area contributed by atoms with Crippen molar-refractivity contribution in [3.05, 3.63) is 48.2 Å². The third-order valence-electron chi connectivity index (χ3n) is 4.82. The Labute approximate surface area is 164 Å². The molecule has 3 heterocycles. The van der Waals surface area contributed by atoms with E-state index in [-0.39, 0.29) is 6.04 Å². The number of carbonyl (C=O) groups excluding carboxylic acids is 1. The fourth-order valence-electron chi connectivity index (χ4n) is 3.44. The van der Waals surface area contributed by atoms with Gasteiger partial charge in [0.05, 0.1) is 16.6 Å². The molecule has 6 nitrogen and oxygen atoms in total. The molecule has 1 aliphatic rings. The van der Waals surface area contributed by atoms with Crippen LogP contribution in [0.3, 0.4) is 0 Å². The topological polar surface area (TPSA) is 63.1 Å². The van der Waals surface area contributed by atoms with Gasteiger partial charge in [-0.1, -0.05) is 0 Å². The summed E-state index contributed by atoms with van der Waals surface area (Å²) >= 11 is 0. The Morgan fingerprint density at radius 3 is 2.69 bits per heavy atom. The molecular formula is C20H16F3N5O. The summed E-state index contributed by atoms with van der Waals surface area (Å²) in [5, 5.41) is 8.15. The molecule has 29 heavy (non-hydrogen) atoms.